The van der Waals surface area contributed by atoms with Crippen molar-refractivity contribution in [3.63, 3.8) is 0 Å². The molecule has 0 aliphatic carbocycles. The molecular weight excluding hydrogens is 340 g/mol. The molecule has 1 amide bonds. The highest BCUT2D eigenvalue weighted by molar-refractivity contribution is 5.97. The lowest BCUT2D eigenvalue weighted by molar-refractivity contribution is -0.143. The molecule has 8 nitrogen and oxygen atoms in total. The third kappa shape index (κ3) is 4.14. The van der Waals surface area contributed by atoms with Crippen LogP contribution in [0.25, 0.3) is 10.9 Å². The predicted octanol–water partition coefficient (Wildman–Crippen LogP) is 1.75. The van der Waals surface area contributed by atoms with Crippen molar-refractivity contribution in [1.29, 1.82) is 0 Å². The summed E-state index contributed by atoms with van der Waals surface area (Å²) in [7, 11) is 0. The van der Waals surface area contributed by atoms with Crippen LogP contribution in [0.3, 0.4) is 0 Å². The zero-order valence-corrected chi connectivity index (χ0v) is 14.9. The number of rotatable bonds is 7. The van der Waals surface area contributed by atoms with E-state index in [2.05, 4.69) is 5.32 Å². The Hall–Kier alpha value is -3.03. The number of benzene rings is 1. The summed E-state index contributed by atoms with van der Waals surface area (Å²) in [5, 5.41) is 21.9. The van der Waals surface area contributed by atoms with Gasteiger partial charge in [-0.2, -0.15) is 0 Å². The number of amides is 1. The summed E-state index contributed by atoms with van der Waals surface area (Å²) >= 11 is 0. The van der Waals surface area contributed by atoms with Crippen LogP contribution in [0.15, 0.2) is 24.3 Å². The van der Waals surface area contributed by atoms with E-state index in [0.717, 1.165) is 0 Å². The molecule has 0 radical (unpaired) electrons. The first kappa shape index (κ1) is 19.3. The van der Waals surface area contributed by atoms with Crippen LogP contribution < -0.4 is 5.32 Å². The molecule has 2 rings (SSSR count). The molecule has 26 heavy (non-hydrogen) atoms. The van der Waals surface area contributed by atoms with Crippen molar-refractivity contribution in [2.45, 2.75) is 33.4 Å². The van der Waals surface area contributed by atoms with Gasteiger partial charge in [-0.3, -0.25) is 4.79 Å². The van der Waals surface area contributed by atoms with Crippen molar-refractivity contribution in [2.75, 3.05) is 6.61 Å². The number of esters is 1. The number of carboxylic acids is 1. The second-order valence-electron chi connectivity index (χ2n) is 6.21. The topological polar surface area (TPSA) is 118 Å². The van der Waals surface area contributed by atoms with Crippen molar-refractivity contribution in [2.24, 2.45) is 5.92 Å². The highest BCUT2D eigenvalue weighted by Gasteiger charge is 2.25. The Morgan fingerprint density at radius 1 is 1.23 bits per heavy atom. The van der Waals surface area contributed by atoms with E-state index in [1.54, 1.807) is 26.8 Å². The average Bonchev–Trinajstić information content (AvgIpc) is 2.90. The number of nitrogens with zero attached hydrogens (tertiary/aromatic N) is 1. The van der Waals surface area contributed by atoms with Crippen LogP contribution in [0.2, 0.25) is 0 Å². The summed E-state index contributed by atoms with van der Waals surface area (Å²) in [4.78, 5) is 35.9. The Labute approximate surface area is 150 Å². The molecule has 1 aromatic carbocycles. The average molecular weight is 362 g/mol. The summed E-state index contributed by atoms with van der Waals surface area (Å²) < 4.78 is 6.47. The summed E-state index contributed by atoms with van der Waals surface area (Å²) in [6, 6.07) is 5.00. The van der Waals surface area contributed by atoms with Gasteiger partial charge in [0.05, 0.1) is 6.61 Å². The fraction of sp³-hybridized carbons (Fsp3) is 0.389. The Balaban J connectivity index is 2.37. The van der Waals surface area contributed by atoms with E-state index in [1.807, 2.05) is 0 Å². The molecule has 0 fully saturated rings. The highest BCUT2D eigenvalue weighted by Crippen LogP contribution is 2.24. The second kappa shape index (κ2) is 7.90. The molecule has 0 saturated heterocycles. The second-order valence-corrected chi connectivity index (χ2v) is 6.21. The SMILES string of the molecule is CCOC(=O)c1cc2cc(O)ccc2n1CC(=O)N[C@H](C(=O)O)C(C)C. The fourth-order valence-electron chi connectivity index (χ4n) is 2.68. The molecule has 1 heterocycles. The van der Waals surface area contributed by atoms with E-state index >= 15 is 0 Å². The number of aliphatic carboxylic acids is 1. The van der Waals surface area contributed by atoms with E-state index in [-0.39, 0.29) is 30.5 Å². The zero-order chi connectivity index (χ0) is 19.4. The number of hydrogen-bond donors (Lipinski definition) is 3. The smallest absolute Gasteiger partial charge is 0.354 e. The minimum atomic E-state index is -1.12. The molecule has 140 valence electrons. The molecule has 2 aromatic rings. The molecule has 0 unspecified atom stereocenters. The molecule has 0 bridgehead atoms. The van der Waals surface area contributed by atoms with Gasteiger partial charge in [0, 0.05) is 10.9 Å². The normalized spacial score (nSPS) is 12.2. The number of phenolic OH excluding ortho intramolecular Hbond substituents is 1. The van der Waals surface area contributed by atoms with Gasteiger partial charge in [-0.15, -0.1) is 0 Å². The molecule has 0 aliphatic rings. The Morgan fingerprint density at radius 2 is 1.92 bits per heavy atom. The van der Waals surface area contributed by atoms with Crippen molar-refractivity contribution in [3.8, 4) is 5.75 Å². The quantitative estimate of drug-likeness (QED) is 0.646. The van der Waals surface area contributed by atoms with Crippen molar-refractivity contribution >= 4 is 28.7 Å². The minimum absolute atomic E-state index is 0.0280. The van der Waals surface area contributed by atoms with Gasteiger partial charge in [0.1, 0.15) is 24.0 Å². The number of phenols is 1. The standard InChI is InChI=1S/C18H22N2O6/c1-4-26-18(25)14-8-11-7-12(21)5-6-13(11)20(14)9-15(22)19-16(10(2)3)17(23)24/h5-8,10,16,21H,4,9H2,1-3H3,(H,19,22)(H,23,24)/t16-/m0/s1. The number of fused-ring (bicyclic) bond motifs is 1. The zero-order valence-electron chi connectivity index (χ0n) is 14.9. The molecule has 1 aromatic heterocycles. The van der Waals surface area contributed by atoms with Gasteiger partial charge in [-0.1, -0.05) is 13.8 Å². The third-order valence-corrected chi connectivity index (χ3v) is 3.92. The maximum absolute atomic E-state index is 12.4. The lowest BCUT2D eigenvalue weighted by Crippen LogP contribution is -2.45. The first-order chi connectivity index (χ1) is 12.2. The van der Waals surface area contributed by atoms with E-state index in [4.69, 9.17) is 4.74 Å². The first-order valence-corrected chi connectivity index (χ1v) is 8.26. The minimum Gasteiger partial charge on any atom is -0.508 e. The maximum Gasteiger partial charge on any atom is 0.354 e. The summed E-state index contributed by atoms with van der Waals surface area (Å²) in [6.07, 6.45) is 0. The number of aromatic nitrogens is 1. The first-order valence-electron chi connectivity index (χ1n) is 8.26. The summed E-state index contributed by atoms with van der Waals surface area (Å²) in [5.41, 5.74) is 0.705. The number of nitrogens with one attached hydrogen (secondary N) is 1. The summed E-state index contributed by atoms with van der Waals surface area (Å²) in [5.74, 6) is -2.53. The number of carbonyl (C=O) groups is 3. The monoisotopic (exact) mass is 362 g/mol. The lowest BCUT2D eigenvalue weighted by atomic mass is 10.1. The molecule has 0 aliphatic heterocycles. The predicted molar refractivity (Wildman–Crippen MR) is 94.0 cm³/mol. The highest BCUT2D eigenvalue weighted by atomic mass is 16.5. The van der Waals surface area contributed by atoms with Gasteiger partial charge in [0.25, 0.3) is 0 Å². The van der Waals surface area contributed by atoms with E-state index in [9.17, 15) is 24.6 Å². The Bertz CT molecular complexity index is 840. The molecule has 1 atom stereocenters. The van der Waals surface area contributed by atoms with Crippen LogP contribution >= 0.6 is 0 Å². The lowest BCUT2D eigenvalue weighted by Gasteiger charge is -2.18. The number of carbonyl (C=O) groups excluding carboxylic acids is 2. The van der Waals surface area contributed by atoms with Gasteiger partial charge in [0.15, 0.2) is 0 Å². The third-order valence-electron chi connectivity index (χ3n) is 3.92. The van der Waals surface area contributed by atoms with Gasteiger partial charge >= 0.3 is 11.9 Å². The maximum atomic E-state index is 12.4. The molecule has 3 N–H and O–H groups in total. The fourth-order valence-corrected chi connectivity index (χ4v) is 2.68. The van der Waals surface area contributed by atoms with Crippen LogP contribution in [0.4, 0.5) is 0 Å². The van der Waals surface area contributed by atoms with Crippen molar-refractivity contribution < 1.29 is 29.3 Å². The number of carboxylic acid groups (broad SMARTS) is 1. The number of aromatic hydroxyl groups is 1. The van der Waals surface area contributed by atoms with E-state index in [1.165, 1.54) is 22.8 Å². The Kier molecular flexibility index (Phi) is 5.86. The van der Waals surface area contributed by atoms with Crippen LogP contribution in [-0.4, -0.2) is 45.3 Å². The molecule has 0 spiro atoms. The van der Waals surface area contributed by atoms with Crippen LogP contribution in [0, 0.1) is 5.92 Å². The van der Waals surface area contributed by atoms with Crippen molar-refractivity contribution in [1.82, 2.24) is 9.88 Å². The van der Waals surface area contributed by atoms with E-state index < -0.39 is 23.9 Å². The van der Waals surface area contributed by atoms with E-state index in [0.29, 0.717) is 10.9 Å². The van der Waals surface area contributed by atoms with Crippen LogP contribution in [0.5, 0.6) is 5.75 Å². The summed E-state index contributed by atoms with van der Waals surface area (Å²) in [6.45, 7) is 4.97. The van der Waals surface area contributed by atoms with Gasteiger partial charge < -0.3 is 24.8 Å². The van der Waals surface area contributed by atoms with Crippen LogP contribution in [0.1, 0.15) is 31.3 Å². The van der Waals surface area contributed by atoms with Crippen molar-refractivity contribution in [3.05, 3.63) is 30.0 Å². The van der Waals surface area contributed by atoms with Gasteiger partial charge in [-0.05, 0) is 37.1 Å². The Morgan fingerprint density at radius 3 is 2.50 bits per heavy atom. The number of hydrogen-bond acceptors (Lipinski definition) is 5. The molecular formula is C18H22N2O6. The largest absolute Gasteiger partial charge is 0.508 e. The van der Waals surface area contributed by atoms with Gasteiger partial charge in [0.2, 0.25) is 5.91 Å². The molecule has 0 saturated carbocycles. The van der Waals surface area contributed by atoms with Crippen LogP contribution in [-0.2, 0) is 20.9 Å². The van der Waals surface area contributed by atoms with Gasteiger partial charge in [-0.25, -0.2) is 9.59 Å². The molecule has 8 heteroatoms. The number of ether oxygens (including phenoxy) is 1.